The van der Waals surface area contributed by atoms with Crippen molar-refractivity contribution >= 4 is 28.3 Å². The summed E-state index contributed by atoms with van der Waals surface area (Å²) in [4.78, 5) is 14.9. The van der Waals surface area contributed by atoms with Gasteiger partial charge in [0.2, 0.25) is 0 Å². The molecule has 7 heteroatoms. The maximum atomic E-state index is 10.9. The summed E-state index contributed by atoms with van der Waals surface area (Å²) in [5.74, 6) is 0. The summed E-state index contributed by atoms with van der Waals surface area (Å²) in [7, 11) is 0. The molecule has 0 bridgehead atoms. The van der Waals surface area contributed by atoms with E-state index in [9.17, 15) is 15.4 Å². The van der Waals surface area contributed by atoms with E-state index < -0.39 is 4.92 Å². The predicted octanol–water partition coefficient (Wildman–Crippen LogP) is 5.00. The normalized spacial score (nSPS) is 11.0. The summed E-state index contributed by atoms with van der Waals surface area (Å²) >= 11 is 1.32. The first kappa shape index (κ1) is 17.3. The van der Waals surface area contributed by atoms with Crippen molar-refractivity contribution in [3.05, 3.63) is 80.8 Å². The number of aryl methyl sites for hydroxylation is 1. The maximum Gasteiger partial charge on any atom is 0.270 e. The number of para-hydroxylation sites is 1. The van der Waals surface area contributed by atoms with Crippen LogP contribution in [0.4, 0.5) is 11.4 Å². The number of hydrogen-bond donors (Lipinski definition) is 1. The fourth-order valence-electron chi connectivity index (χ4n) is 2.34. The number of benzene rings is 2. The van der Waals surface area contributed by atoms with Crippen molar-refractivity contribution in [1.29, 1.82) is 5.26 Å². The number of thiazole rings is 1. The third-order valence-corrected chi connectivity index (χ3v) is 4.60. The Balaban J connectivity index is 1.87. The molecular weight excluding hydrogens is 348 g/mol. The van der Waals surface area contributed by atoms with Gasteiger partial charge in [-0.2, -0.15) is 5.26 Å². The minimum absolute atomic E-state index is 0.00863. The van der Waals surface area contributed by atoms with Gasteiger partial charge in [0.05, 0.1) is 10.6 Å². The van der Waals surface area contributed by atoms with E-state index in [0.29, 0.717) is 21.8 Å². The Morgan fingerprint density at radius 1 is 1.31 bits per heavy atom. The molecule has 0 aliphatic carbocycles. The van der Waals surface area contributed by atoms with E-state index in [-0.39, 0.29) is 5.69 Å². The Hall–Kier alpha value is -3.50. The number of non-ortho nitro benzene ring substituents is 1. The Bertz CT molecular complexity index is 1030. The van der Waals surface area contributed by atoms with Crippen molar-refractivity contribution in [1.82, 2.24) is 4.98 Å². The zero-order valence-electron chi connectivity index (χ0n) is 13.8. The van der Waals surface area contributed by atoms with Crippen molar-refractivity contribution in [2.75, 3.05) is 5.32 Å². The van der Waals surface area contributed by atoms with Gasteiger partial charge >= 0.3 is 0 Å². The van der Waals surface area contributed by atoms with Gasteiger partial charge in [-0.25, -0.2) is 4.98 Å². The molecule has 0 aliphatic heterocycles. The topological polar surface area (TPSA) is 91.8 Å². The zero-order valence-corrected chi connectivity index (χ0v) is 14.7. The minimum Gasteiger partial charge on any atom is -0.360 e. The molecule has 0 saturated heterocycles. The average molecular weight is 362 g/mol. The first-order valence-electron chi connectivity index (χ1n) is 7.71. The third-order valence-electron chi connectivity index (χ3n) is 3.72. The van der Waals surface area contributed by atoms with Gasteiger partial charge < -0.3 is 5.32 Å². The van der Waals surface area contributed by atoms with Gasteiger partial charge in [0.15, 0.2) is 0 Å². The molecule has 3 rings (SSSR count). The van der Waals surface area contributed by atoms with Gasteiger partial charge in [0, 0.05) is 35.0 Å². The van der Waals surface area contributed by atoms with Crippen LogP contribution in [0.3, 0.4) is 0 Å². The minimum atomic E-state index is -0.441. The van der Waals surface area contributed by atoms with E-state index in [1.165, 1.54) is 23.5 Å². The van der Waals surface area contributed by atoms with E-state index in [0.717, 1.165) is 11.3 Å². The van der Waals surface area contributed by atoms with Crippen LogP contribution in [-0.4, -0.2) is 9.91 Å². The number of nitro benzene ring substituents is 1. The molecule has 0 amide bonds. The molecule has 0 fully saturated rings. The number of nitrogens with zero attached hydrogens (tertiary/aromatic N) is 3. The summed E-state index contributed by atoms with van der Waals surface area (Å²) in [6, 6.07) is 16.2. The van der Waals surface area contributed by atoms with Crippen LogP contribution in [0.25, 0.3) is 16.8 Å². The van der Waals surface area contributed by atoms with E-state index in [1.54, 1.807) is 23.7 Å². The van der Waals surface area contributed by atoms with Gasteiger partial charge in [0.1, 0.15) is 16.6 Å². The Kier molecular flexibility index (Phi) is 5.06. The van der Waals surface area contributed by atoms with Crippen molar-refractivity contribution < 1.29 is 4.92 Å². The standard InChI is InChI=1S/C19H14N4O2S/c1-13-5-2-3-8-17(13)21-11-15(10-20)19-22-18(12-26-19)14-6-4-7-16(9-14)23(24)25/h2-9,11-12,21H,1H3/b15-11+. The summed E-state index contributed by atoms with van der Waals surface area (Å²) in [5, 5.41) is 25.8. The summed E-state index contributed by atoms with van der Waals surface area (Å²) in [6.45, 7) is 1.98. The molecular formula is C19H14N4O2S. The number of aromatic nitrogens is 1. The number of allylic oxidation sites excluding steroid dienone is 1. The lowest BCUT2D eigenvalue weighted by Crippen LogP contribution is -1.93. The monoisotopic (exact) mass is 362 g/mol. The van der Waals surface area contributed by atoms with Crippen LogP contribution in [0.5, 0.6) is 0 Å². The number of nitro groups is 1. The lowest BCUT2D eigenvalue weighted by molar-refractivity contribution is -0.384. The molecule has 2 aromatic carbocycles. The molecule has 0 unspecified atom stereocenters. The number of nitriles is 1. The van der Waals surface area contributed by atoms with E-state index >= 15 is 0 Å². The molecule has 0 atom stereocenters. The highest BCUT2D eigenvalue weighted by molar-refractivity contribution is 7.11. The van der Waals surface area contributed by atoms with Gasteiger partial charge in [0.25, 0.3) is 5.69 Å². The molecule has 26 heavy (non-hydrogen) atoms. The second-order valence-electron chi connectivity index (χ2n) is 5.47. The molecule has 0 aliphatic rings. The molecule has 1 heterocycles. The average Bonchev–Trinajstić information content (AvgIpc) is 3.14. The number of anilines is 1. The fourth-order valence-corrected chi connectivity index (χ4v) is 3.13. The van der Waals surface area contributed by atoms with Crippen LogP contribution in [0.15, 0.2) is 60.1 Å². The van der Waals surface area contributed by atoms with Crippen LogP contribution in [0.1, 0.15) is 10.6 Å². The molecule has 128 valence electrons. The van der Waals surface area contributed by atoms with Crippen molar-refractivity contribution in [3.63, 3.8) is 0 Å². The van der Waals surface area contributed by atoms with E-state index in [2.05, 4.69) is 16.4 Å². The molecule has 3 aromatic rings. The third kappa shape index (κ3) is 3.77. The fraction of sp³-hybridized carbons (Fsp3) is 0.0526. The first-order valence-corrected chi connectivity index (χ1v) is 8.59. The number of rotatable bonds is 5. The molecule has 0 spiro atoms. The Morgan fingerprint density at radius 2 is 2.12 bits per heavy atom. The second kappa shape index (κ2) is 7.59. The molecule has 0 saturated carbocycles. The van der Waals surface area contributed by atoms with Crippen molar-refractivity contribution in [2.24, 2.45) is 0 Å². The van der Waals surface area contributed by atoms with Gasteiger partial charge in [-0.05, 0) is 18.6 Å². The molecule has 0 radical (unpaired) electrons. The van der Waals surface area contributed by atoms with Gasteiger partial charge in [-0.1, -0.05) is 30.3 Å². The lowest BCUT2D eigenvalue weighted by Gasteiger charge is -2.04. The maximum absolute atomic E-state index is 10.9. The molecule has 1 aromatic heterocycles. The van der Waals surface area contributed by atoms with Crippen molar-refractivity contribution in [3.8, 4) is 17.3 Å². The summed E-state index contributed by atoms with van der Waals surface area (Å²) < 4.78 is 0. The van der Waals surface area contributed by atoms with Crippen LogP contribution < -0.4 is 5.32 Å². The zero-order chi connectivity index (χ0) is 18.5. The van der Waals surface area contributed by atoms with Crippen LogP contribution in [-0.2, 0) is 0 Å². The van der Waals surface area contributed by atoms with E-state index in [1.807, 2.05) is 31.2 Å². The highest BCUT2D eigenvalue weighted by Gasteiger charge is 2.12. The van der Waals surface area contributed by atoms with Gasteiger partial charge in [-0.3, -0.25) is 10.1 Å². The molecule has 1 N–H and O–H groups in total. The first-order chi connectivity index (χ1) is 12.6. The summed E-state index contributed by atoms with van der Waals surface area (Å²) in [5.41, 5.74) is 3.63. The van der Waals surface area contributed by atoms with Crippen molar-refractivity contribution in [2.45, 2.75) is 6.92 Å². The Morgan fingerprint density at radius 3 is 2.85 bits per heavy atom. The van der Waals surface area contributed by atoms with Crippen LogP contribution in [0, 0.1) is 28.4 Å². The number of nitrogens with one attached hydrogen (secondary N) is 1. The van der Waals surface area contributed by atoms with Crippen LogP contribution >= 0.6 is 11.3 Å². The smallest absolute Gasteiger partial charge is 0.270 e. The lowest BCUT2D eigenvalue weighted by atomic mass is 10.1. The highest BCUT2D eigenvalue weighted by Crippen LogP contribution is 2.28. The second-order valence-corrected chi connectivity index (χ2v) is 6.33. The SMILES string of the molecule is Cc1ccccc1N/C=C(\C#N)c1nc(-c2cccc([N+](=O)[O-])c2)cs1. The van der Waals surface area contributed by atoms with E-state index in [4.69, 9.17) is 0 Å². The van der Waals surface area contributed by atoms with Gasteiger partial charge in [-0.15, -0.1) is 11.3 Å². The Labute approximate surface area is 154 Å². The summed E-state index contributed by atoms with van der Waals surface area (Å²) in [6.07, 6.45) is 1.62. The highest BCUT2D eigenvalue weighted by atomic mass is 32.1. The predicted molar refractivity (Wildman–Crippen MR) is 103 cm³/mol. The van der Waals surface area contributed by atoms with Crippen LogP contribution in [0.2, 0.25) is 0 Å². The quantitative estimate of drug-likeness (QED) is 0.391. The number of hydrogen-bond acceptors (Lipinski definition) is 6. The molecule has 6 nitrogen and oxygen atoms in total. The largest absolute Gasteiger partial charge is 0.360 e.